The van der Waals surface area contributed by atoms with Crippen molar-refractivity contribution in [3.8, 4) is 0 Å². The third kappa shape index (κ3) is 5.23. The van der Waals surface area contributed by atoms with E-state index in [1.54, 1.807) is 0 Å². The van der Waals surface area contributed by atoms with Gasteiger partial charge in [-0.2, -0.15) is 13.2 Å². The third-order valence-electron chi connectivity index (χ3n) is 4.99. The Morgan fingerprint density at radius 2 is 1.84 bits per heavy atom. The molecule has 2 N–H and O–H groups in total. The second kappa shape index (κ2) is 9.90. The molecule has 0 unspecified atom stereocenters. The number of fused-ring (bicyclic) bond motifs is 1. The van der Waals surface area contributed by atoms with Crippen molar-refractivity contribution in [2.24, 2.45) is 5.73 Å². The Kier molecular flexibility index (Phi) is 7.94. The van der Waals surface area contributed by atoms with Crippen molar-refractivity contribution < 1.29 is 31.1 Å². The molecule has 3 rings (SSSR count). The van der Waals surface area contributed by atoms with Gasteiger partial charge in [0.25, 0.3) is 0 Å². The molecule has 0 saturated carbocycles. The number of benzene rings is 1. The van der Waals surface area contributed by atoms with Crippen LogP contribution in [-0.2, 0) is 23.9 Å². The van der Waals surface area contributed by atoms with Gasteiger partial charge in [0.1, 0.15) is 5.82 Å². The van der Waals surface area contributed by atoms with Gasteiger partial charge in [0.05, 0.1) is 6.04 Å². The average Bonchev–Trinajstić information content (AvgIpc) is 3.11. The topological polar surface area (TPSA) is 77.0 Å². The molecule has 1 aromatic carbocycles. The fourth-order valence-corrected chi connectivity index (χ4v) is 3.60. The molecular formula is C19H20ClF6N5O. The lowest BCUT2D eigenvalue weighted by Crippen LogP contribution is -2.45. The van der Waals surface area contributed by atoms with Gasteiger partial charge in [0.2, 0.25) is 11.7 Å². The molecule has 0 aliphatic carbocycles. The van der Waals surface area contributed by atoms with Crippen molar-refractivity contribution in [2.75, 3.05) is 6.54 Å². The zero-order valence-electron chi connectivity index (χ0n) is 16.6. The van der Waals surface area contributed by atoms with E-state index in [-0.39, 0.29) is 56.1 Å². The number of nitrogens with zero attached hydrogens (tertiary/aromatic N) is 4. The largest absolute Gasteiger partial charge is 0.451 e. The molecule has 176 valence electrons. The van der Waals surface area contributed by atoms with Crippen LogP contribution in [0.1, 0.15) is 36.1 Å². The first kappa shape index (κ1) is 25.7. The lowest BCUT2D eigenvalue weighted by Gasteiger charge is -2.36. The maximum atomic E-state index is 13.8. The van der Waals surface area contributed by atoms with Crippen molar-refractivity contribution in [1.82, 2.24) is 19.7 Å². The predicted molar refractivity (Wildman–Crippen MR) is 104 cm³/mol. The summed E-state index contributed by atoms with van der Waals surface area (Å²) >= 11 is 0. The Balaban J connectivity index is 0.00000363. The molecule has 13 heteroatoms. The molecule has 1 aliphatic rings. The third-order valence-corrected chi connectivity index (χ3v) is 4.99. The van der Waals surface area contributed by atoms with Crippen LogP contribution in [0.5, 0.6) is 0 Å². The van der Waals surface area contributed by atoms with Gasteiger partial charge < -0.3 is 15.2 Å². The van der Waals surface area contributed by atoms with Crippen molar-refractivity contribution >= 4 is 18.3 Å². The van der Waals surface area contributed by atoms with Gasteiger partial charge in [-0.1, -0.05) is 6.08 Å². The maximum absolute atomic E-state index is 13.8. The van der Waals surface area contributed by atoms with Crippen LogP contribution in [-0.4, -0.2) is 38.2 Å². The van der Waals surface area contributed by atoms with E-state index in [1.165, 1.54) is 11.0 Å². The van der Waals surface area contributed by atoms with Gasteiger partial charge in [-0.15, -0.1) is 29.2 Å². The van der Waals surface area contributed by atoms with Crippen molar-refractivity contribution in [2.45, 2.75) is 44.1 Å². The number of carbonyl (C=O) groups is 1. The molecule has 32 heavy (non-hydrogen) atoms. The number of alkyl halides is 3. The normalized spacial score (nSPS) is 16.8. The molecule has 0 radical (unpaired) electrons. The van der Waals surface area contributed by atoms with Crippen LogP contribution < -0.4 is 5.73 Å². The number of carbonyl (C=O) groups excluding carboxylic acids is 1. The average molecular weight is 484 g/mol. The Hall–Kier alpha value is -2.60. The monoisotopic (exact) mass is 483 g/mol. The van der Waals surface area contributed by atoms with Crippen molar-refractivity contribution in [1.29, 1.82) is 0 Å². The van der Waals surface area contributed by atoms with Gasteiger partial charge in [-0.3, -0.25) is 4.79 Å². The van der Waals surface area contributed by atoms with Gasteiger partial charge in [0.15, 0.2) is 17.5 Å². The van der Waals surface area contributed by atoms with E-state index in [9.17, 15) is 31.1 Å². The fraction of sp³-hybridized carbons (Fsp3) is 0.421. The van der Waals surface area contributed by atoms with E-state index in [4.69, 9.17) is 5.73 Å². The number of nitrogens with two attached hydrogens (primary N) is 1. The summed E-state index contributed by atoms with van der Waals surface area (Å²) in [5, 5.41) is 6.85. The predicted octanol–water partition coefficient (Wildman–Crippen LogP) is 3.56. The minimum absolute atomic E-state index is 0. The van der Waals surface area contributed by atoms with Crippen LogP contribution in [0.4, 0.5) is 26.3 Å². The van der Waals surface area contributed by atoms with Gasteiger partial charge in [-0.25, -0.2) is 13.2 Å². The van der Waals surface area contributed by atoms with E-state index in [0.717, 1.165) is 4.57 Å². The summed E-state index contributed by atoms with van der Waals surface area (Å²) in [6.45, 7) is 3.36. The van der Waals surface area contributed by atoms with Crippen LogP contribution in [0.2, 0.25) is 0 Å². The molecule has 0 saturated heterocycles. The molecule has 2 aromatic rings. The second-order valence-corrected chi connectivity index (χ2v) is 7.18. The van der Waals surface area contributed by atoms with Gasteiger partial charge >= 0.3 is 6.18 Å². The first-order chi connectivity index (χ1) is 14.5. The van der Waals surface area contributed by atoms with Crippen LogP contribution in [0.3, 0.4) is 0 Å². The number of aromatic nitrogens is 3. The number of hydrogen-bond acceptors (Lipinski definition) is 4. The highest BCUT2D eigenvalue weighted by Crippen LogP contribution is 2.34. The van der Waals surface area contributed by atoms with E-state index in [2.05, 4.69) is 16.8 Å². The Labute approximate surface area is 185 Å². The summed E-state index contributed by atoms with van der Waals surface area (Å²) in [6.07, 6.45) is -3.63. The zero-order valence-corrected chi connectivity index (χ0v) is 17.4. The number of amides is 1. The van der Waals surface area contributed by atoms with Crippen molar-refractivity contribution in [3.05, 3.63) is 59.5 Å². The summed E-state index contributed by atoms with van der Waals surface area (Å²) in [7, 11) is 0. The second-order valence-electron chi connectivity index (χ2n) is 7.18. The Morgan fingerprint density at radius 3 is 2.47 bits per heavy atom. The molecule has 0 fully saturated rings. The Bertz CT molecular complexity index is 995. The summed E-state index contributed by atoms with van der Waals surface area (Å²) < 4.78 is 80.5. The maximum Gasteiger partial charge on any atom is 0.451 e. The fourth-order valence-electron chi connectivity index (χ4n) is 3.60. The summed E-state index contributed by atoms with van der Waals surface area (Å²) in [5.74, 6) is -5.23. The summed E-state index contributed by atoms with van der Waals surface area (Å²) in [4.78, 5) is 14.1. The quantitative estimate of drug-likeness (QED) is 0.387. The molecule has 1 aliphatic heterocycles. The smallest absolute Gasteiger partial charge is 0.330 e. The van der Waals surface area contributed by atoms with Crippen LogP contribution >= 0.6 is 12.4 Å². The highest BCUT2D eigenvalue weighted by atomic mass is 35.5. The molecule has 2 atom stereocenters. The van der Waals surface area contributed by atoms with E-state index in [0.29, 0.717) is 12.1 Å². The molecule has 2 heterocycles. The van der Waals surface area contributed by atoms with E-state index >= 15 is 0 Å². The zero-order chi connectivity index (χ0) is 22.9. The van der Waals surface area contributed by atoms with Crippen molar-refractivity contribution in [3.63, 3.8) is 0 Å². The number of rotatable bonds is 6. The summed E-state index contributed by atoms with van der Waals surface area (Å²) in [6, 6.07) is -0.677. The first-order valence-corrected chi connectivity index (χ1v) is 9.32. The minimum atomic E-state index is -4.69. The molecule has 0 spiro atoms. The van der Waals surface area contributed by atoms with E-state index < -0.39 is 47.4 Å². The highest BCUT2D eigenvalue weighted by Gasteiger charge is 2.42. The van der Waals surface area contributed by atoms with Gasteiger partial charge in [-0.05, 0) is 24.5 Å². The van der Waals surface area contributed by atoms with Gasteiger partial charge in [0, 0.05) is 31.6 Å². The molecule has 0 bridgehead atoms. The number of halogens is 7. The molecule has 1 amide bonds. The SMILES string of the molecule is C=CC[C@H]1c2nnc(C(F)(F)F)n2CCN1C(=O)C[C@H](N)Cc1cc(F)c(F)cc1F.Cl. The van der Waals surface area contributed by atoms with Crippen LogP contribution in [0.15, 0.2) is 24.8 Å². The molecule has 1 aromatic heterocycles. The number of hydrogen-bond donors (Lipinski definition) is 1. The minimum Gasteiger partial charge on any atom is -0.330 e. The lowest BCUT2D eigenvalue weighted by molar-refractivity contribution is -0.148. The van der Waals surface area contributed by atoms with E-state index in [1.807, 2.05) is 0 Å². The standard InChI is InChI=1S/C19H19F6N5O.ClH/c1-2-3-15-17-27-28-18(19(23,24)25)30(17)5-4-29(15)16(31)8-11(26)6-10-7-13(21)14(22)9-12(10)20;/h2,7,9,11,15H,1,3-6,8,26H2;1H/t11-,15+;/m1./s1. The van der Waals surface area contributed by atoms with Crippen LogP contribution in [0, 0.1) is 17.5 Å². The first-order valence-electron chi connectivity index (χ1n) is 9.32. The molecular weight excluding hydrogens is 464 g/mol. The lowest BCUT2D eigenvalue weighted by atomic mass is 10.0. The Morgan fingerprint density at radius 1 is 1.19 bits per heavy atom. The van der Waals surface area contributed by atoms with Crippen LogP contribution in [0.25, 0.3) is 0 Å². The summed E-state index contributed by atoms with van der Waals surface area (Å²) in [5.41, 5.74) is 5.73. The molecule has 6 nitrogen and oxygen atoms in total. The highest BCUT2D eigenvalue weighted by molar-refractivity contribution is 5.85.